The van der Waals surface area contributed by atoms with Gasteiger partial charge in [-0.3, -0.25) is 0 Å². The van der Waals surface area contributed by atoms with Crippen molar-refractivity contribution in [1.82, 2.24) is 0 Å². The van der Waals surface area contributed by atoms with Crippen LogP contribution in [0.5, 0.6) is 0 Å². The van der Waals surface area contributed by atoms with E-state index in [4.69, 9.17) is 18.9 Å². The third-order valence-corrected chi connectivity index (χ3v) is 3.48. The quantitative estimate of drug-likeness (QED) is 0.592. The van der Waals surface area contributed by atoms with Gasteiger partial charge in [0, 0.05) is 0 Å². The summed E-state index contributed by atoms with van der Waals surface area (Å²) in [6, 6.07) is 0. The molecule has 2 saturated heterocycles. The van der Waals surface area contributed by atoms with Crippen molar-refractivity contribution in [3.05, 3.63) is 12.2 Å². The van der Waals surface area contributed by atoms with Gasteiger partial charge in [0.05, 0.1) is 6.10 Å². The molecular formula is C17H28O5. The van der Waals surface area contributed by atoms with Crippen molar-refractivity contribution in [3.8, 4) is 0 Å². The van der Waals surface area contributed by atoms with Crippen LogP contribution in [0.1, 0.15) is 48.5 Å². The molecule has 0 amide bonds. The van der Waals surface area contributed by atoms with Gasteiger partial charge in [0.1, 0.15) is 12.2 Å². The maximum Gasteiger partial charge on any atom is 0.338 e. The Balaban J connectivity index is 2.23. The molecule has 0 aliphatic carbocycles. The minimum atomic E-state index is -0.791. The fourth-order valence-electron chi connectivity index (χ4n) is 2.67. The summed E-state index contributed by atoms with van der Waals surface area (Å²) in [4.78, 5) is 12.1. The van der Waals surface area contributed by atoms with E-state index in [0.717, 1.165) is 0 Å². The topological polar surface area (TPSA) is 54.0 Å². The Bertz CT molecular complexity index is 446. The zero-order valence-corrected chi connectivity index (χ0v) is 14.6. The molecule has 0 aromatic heterocycles. The van der Waals surface area contributed by atoms with E-state index in [0.29, 0.717) is 0 Å². The Hall–Kier alpha value is -0.910. The summed E-state index contributed by atoms with van der Waals surface area (Å²) in [5.74, 6) is -1.17. The molecule has 0 saturated carbocycles. The molecule has 5 heteroatoms. The predicted octanol–water partition coefficient (Wildman–Crippen LogP) is 2.83. The molecule has 2 aliphatic rings. The zero-order valence-electron chi connectivity index (χ0n) is 14.6. The first kappa shape index (κ1) is 17.4. The van der Waals surface area contributed by atoms with Crippen LogP contribution < -0.4 is 0 Å². The Morgan fingerprint density at radius 1 is 1.18 bits per heavy atom. The van der Waals surface area contributed by atoms with Crippen molar-refractivity contribution in [2.24, 2.45) is 5.41 Å². The van der Waals surface area contributed by atoms with Gasteiger partial charge in [-0.15, -0.1) is 0 Å². The van der Waals surface area contributed by atoms with Crippen LogP contribution in [-0.4, -0.2) is 42.3 Å². The number of ether oxygens (including phenoxy) is 4. The Morgan fingerprint density at radius 2 is 1.82 bits per heavy atom. The normalized spacial score (nSPS) is 35.0. The SMILES string of the molecule is CC(C)O[C@H]1C(=O)O[C@@H]2[C@H]1OC(C)(C)O[C@@H]2C=CC(C)(C)C. The largest absolute Gasteiger partial charge is 0.454 e. The molecule has 0 radical (unpaired) electrons. The van der Waals surface area contributed by atoms with Crippen LogP contribution in [0.2, 0.25) is 0 Å². The summed E-state index contributed by atoms with van der Waals surface area (Å²) >= 11 is 0. The van der Waals surface area contributed by atoms with Crippen LogP contribution >= 0.6 is 0 Å². The van der Waals surface area contributed by atoms with Gasteiger partial charge in [0.15, 0.2) is 18.0 Å². The van der Waals surface area contributed by atoms with Crippen LogP contribution in [0.4, 0.5) is 0 Å². The average molecular weight is 312 g/mol. The van der Waals surface area contributed by atoms with E-state index in [1.54, 1.807) is 0 Å². The molecule has 2 heterocycles. The summed E-state index contributed by atoms with van der Waals surface area (Å²) in [5.41, 5.74) is 0.0255. The lowest BCUT2D eigenvalue weighted by atomic mass is 9.94. The minimum absolute atomic E-state index is 0.0255. The van der Waals surface area contributed by atoms with Gasteiger partial charge in [0.2, 0.25) is 0 Å². The van der Waals surface area contributed by atoms with Gasteiger partial charge in [-0.05, 0) is 33.1 Å². The molecule has 5 nitrogen and oxygen atoms in total. The minimum Gasteiger partial charge on any atom is -0.454 e. The first-order valence-electron chi connectivity index (χ1n) is 7.89. The first-order chi connectivity index (χ1) is 9.98. The molecular weight excluding hydrogens is 284 g/mol. The summed E-state index contributed by atoms with van der Waals surface area (Å²) < 4.78 is 23.0. The summed E-state index contributed by atoms with van der Waals surface area (Å²) in [7, 11) is 0. The molecule has 0 bridgehead atoms. The van der Waals surface area contributed by atoms with E-state index in [1.807, 2.05) is 33.8 Å². The molecule has 126 valence electrons. The van der Waals surface area contributed by atoms with E-state index < -0.39 is 24.1 Å². The molecule has 22 heavy (non-hydrogen) atoms. The molecule has 0 aromatic carbocycles. The third-order valence-electron chi connectivity index (χ3n) is 3.48. The summed E-state index contributed by atoms with van der Waals surface area (Å²) in [6.07, 6.45) is 2.01. The zero-order chi connectivity index (χ0) is 16.7. The molecule has 2 fully saturated rings. The summed E-state index contributed by atoms with van der Waals surface area (Å²) in [5, 5.41) is 0. The van der Waals surface area contributed by atoms with Crippen molar-refractivity contribution in [3.63, 3.8) is 0 Å². The van der Waals surface area contributed by atoms with Gasteiger partial charge in [-0.25, -0.2) is 4.79 Å². The standard InChI is InChI=1S/C17H28O5/c1-10(2)19-14-13-12(20-15(14)18)11(8-9-16(3,4)5)21-17(6,7)22-13/h8-14H,1-7H3/t11-,12+,13-,14-/m1/s1. The lowest BCUT2D eigenvalue weighted by Crippen LogP contribution is -2.55. The Labute approximate surface area is 132 Å². The number of esters is 1. The number of rotatable bonds is 3. The number of hydrogen-bond donors (Lipinski definition) is 0. The number of hydrogen-bond acceptors (Lipinski definition) is 5. The first-order valence-corrected chi connectivity index (χ1v) is 7.89. The second-order valence-electron chi connectivity index (χ2n) is 7.80. The fourth-order valence-corrected chi connectivity index (χ4v) is 2.67. The van der Waals surface area contributed by atoms with Crippen LogP contribution in [0.3, 0.4) is 0 Å². The molecule has 0 unspecified atom stereocenters. The second kappa shape index (κ2) is 5.95. The molecule has 0 N–H and O–H groups in total. The number of carbonyl (C=O) groups excluding carboxylic acids is 1. The van der Waals surface area contributed by atoms with Crippen LogP contribution in [0.25, 0.3) is 0 Å². The van der Waals surface area contributed by atoms with E-state index >= 15 is 0 Å². The van der Waals surface area contributed by atoms with E-state index in [9.17, 15) is 4.79 Å². The highest BCUT2D eigenvalue weighted by Crippen LogP contribution is 2.37. The fraction of sp³-hybridized carbons (Fsp3) is 0.824. The predicted molar refractivity (Wildman–Crippen MR) is 82.3 cm³/mol. The van der Waals surface area contributed by atoms with Gasteiger partial charge in [-0.1, -0.05) is 32.9 Å². The smallest absolute Gasteiger partial charge is 0.338 e. The highest BCUT2D eigenvalue weighted by atomic mass is 16.8. The van der Waals surface area contributed by atoms with Crippen LogP contribution in [0.15, 0.2) is 12.2 Å². The van der Waals surface area contributed by atoms with Gasteiger partial charge in [0.25, 0.3) is 0 Å². The van der Waals surface area contributed by atoms with Crippen LogP contribution in [0, 0.1) is 5.41 Å². The van der Waals surface area contributed by atoms with Crippen molar-refractivity contribution in [2.45, 2.75) is 84.8 Å². The van der Waals surface area contributed by atoms with Crippen molar-refractivity contribution < 1.29 is 23.7 Å². The van der Waals surface area contributed by atoms with Crippen molar-refractivity contribution >= 4 is 5.97 Å². The highest BCUT2D eigenvalue weighted by Gasteiger charge is 2.56. The highest BCUT2D eigenvalue weighted by molar-refractivity contribution is 5.78. The van der Waals surface area contributed by atoms with Gasteiger partial charge < -0.3 is 18.9 Å². The van der Waals surface area contributed by atoms with Gasteiger partial charge in [-0.2, -0.15) is 0 Å². The third kappa shape index (κ3) is 4.09. The summed E-state index contributed by atoms with van der Waals surface area (Å²) in [6.45, 7) is 13.8. The molecule has 0 aromatic rings. The maximum atomic E-state index is 12.1. The van der Waals surface area contributed by atoms with Crippen LogP contribution in [-0.2, 0) is 23.7 Å². The second-order valence-corrected chi connectivity index (χ2v) is 7.80. The maximum absolute atomic E-state index is 12.1. The van der Waals surface area contributed by atoms with E-state index in [2.05, 4.69) is 26.8 Å². The molecule has 4 atom stereocenters. The lowest BCUT2D eigenvalue weighted by Gasteiger charge is -2.42. The van der Waals surface area contributed by atoms with Gasteiger partial charge >= 0.3 is 5.97 Å². The Morgan fingerprint density at radius 3 is 2.36 bits per heavy atom. The monoisotopic (exact) mass is 312 g/mol. The Kier molecular flexibility index (Phi) is 4.71. The molecule has 2 rings (SSSR count). The molecule has 2 aliphatic heterocycles. The van der Waals surface area contributed by atoms with Crippen molar-refractivity contribution in [1.29, 1.82) is 0 Å². The lowest BCUT2D eigenvalue weighted by molar-refractivity contribution is -0.320. The van der Waals surface area contributed by atoms with E-state index in [-0.39, 0.29) is 23.6 Å². The van der Waals surface area contributed by atoms with Crippen molar-refractivity contribution in [2.75, 3.05) is 0 Å². The molecule has 0 spiro atoms. The number of carbonyl (C=O) groups is 1. The number of allylic oxidation sites excluding steroid dienone is 1. The average Bonchev–Trinajstić information content (AvgIpc) is 2.61. The van der Waals surface area contributed by atoms with E-state index in [1.165, 1.54) is 0 Å². The number of fused-ring (bicyclic) bond motifs is 1.